The minimum atomic E-state index is 0.0946. The molecule has 16 heavy (non-hydrogen) atoms. The molecular weight excluding hydrogens is 212 g/mol. The van der Waals surface area contributed by atoms with Gasteiger partial charge in [-0.05, 0) is 12.1 Å². The lowest BCUT2D eigenvalue weighted by Gasteiger charge is -2.11. The molecule has 0 amide bonds. The number of hydrogen-bond acceptors (Lipinski definition) is 5. The molecule has 0 aliphatic rings. The summed E-state index contributed by atoms with van der Waals surface area (Å²) < 4.78 is 25.3. The van der Waals surface area contributed by atoms with Gasteiger partial charge in [0.05, 0.1) is 14.2 Å². The molecule has 90 valence electrons. The van der Waals surface area contributed by atoms with Crippen LogP contribution < -0.4 is 14.2 Å². The van der Waals surface area contributed by atoms with Crippen molar-refractivity contribution in [2.24, 2.45) is 0 Å². The highest BCUT2D eigenvalue weighted by Crippen LogP contribution is 2.30. The van der Waals surface area contributed by atoms with Gasteiger partial charge in [-0.2, -0.15) is 0 Å². The van der Waals surface area contributed by atoms with Crippen LogP contribution in [-0.4, -0.2) is 34.9 Å². The molecule has 1 aromatic rings. The van der Waals surface area contributed by atoms with Crippen LogP contribution in [0.1, 0.15) is 0 Å². The molecule has 0 radical (unpaired) electrons. The predicted octanol–water partition coefficient (Wildman–Crippen LogP) is 1.66. The van der Waals surface area contributed by atoms with E-state index in [0.717, 1.165) is 0 Å². The fourth-order valence-corrected chi connectivity index (χ4v) is 1.12. The van der Waals surface area contributed by atoms with Crippen molar-refractivity contribution in [3.05, 3.63) is 18.2 Å². The third-order valence-corrected chi connectivity index (χ3v) is 1.87. The second-order valence-electron chi connectivity index (χ2n) is 2.89. The maximum Gasteiger partial charge on any atom is 0.191 e. The minimum absolute atomic E-state index is 0.0946. The fraction of sp³-hybridized carbons (Fsp3) is 0.455. The molecule has 0 spiro atoms. The third kappa shape index (κ3) is 3.60. The average molecular weight is 228 g/mol. The van der Waals surface area contributed by atoms with Crippen molar-refractivity contribution in [2.75, 3.05) is 34.9 Å². The maximum absolute atomic E-state index is 5.37. The van der Waals surface area contributed by atoms with Gasteiger partial charge in [0.25, 0.3) is 0 Å². The van der Waals surface area contributed by atoms with Crippen LogP contribution in [-0.2, 0) is 9.47 Å². The van der Waals surface area contributed by atoms with E-state index in [0.29, 0.717) is 17.2 Å². The first-order chi connectivity index (χ1) is 7.81. The minimum Gasteiger partial charge on any atom is -0.497 e. The zero-order chi connectivity index (χ0) is 11.8. The van der Waals surface area contributed by atoms with Crippen LogP contribution in [0.3, 0.4) is 0 Å². The zero-order valence-electron chi connectivity index (χ0n) is 9.69. The first-order valence-electron chi connectivity index (χ1n) is 4.73. The van der Waals surface area contributed by atoms with Crippen molar-refractivity contribution in [1.29, 1.82) is 0 Å². The van der Waals surface area contributed by atoms with E-state index in [-0.39, 0.29) is 13.6 Å². The van der Waals surface area contributed by atoms with Crippen LogP contribution in [0, 0.1) is 0 Å². The highest BCUT2D eigenvalue weighted by Gasteiger charge is 2.05. The molecule has 0 aromatic heterocycles. The molecule has 0 unspecified atom stereocenters. The Labute approximate surface area is 94.8 Å². The van der Waals surface area contributed by atoms with Crippen molar-refractivity contribution >= 4 is 0 Å². The van der Waals surface area contributed by atoms with Gasteiger partial charge in [0, 0.05) is 13.2 Å². The van der Waals surface area contributed by atoms with E-state index in [1.54, 1.807) is 39.5 Å². The largest absolute Gasteiger partial charge is 0.497 e. The molecule has 0 N–H and O–H groups in total. The Morgan fingerprint density at radius 2 is 1.75 bits per heavy atom. The van der Waals surface area contributed by atoms with E-state index in [2.05, 4.69) is 0 Å². The highest BCUT2D eigenvalue weighted by atomic mass is 16.7. The Morgan fingerprint density at radius 1 is 0.938 bits per heavy atom. The van der Waals surface area contributed by atoms with Crippen LogP contribution in [0.15, 0.2) is 18.2 Å². The molecule has 5 heteroatoms. The van der Waals surface area contributed by atoms with Crippen molar-refractivity contribution in [3.8, 4) is 17.2 Å². The number of rotatable bonds is 7. The van der Waals surface area contributed by atoms with Crippen LogP contribution in [0.25, 0.3) is 0 Å². The molecular formula is C11H16O5. The third-order valence-electron chi connectivity index (χ3n) is 1.87. The van der Waals surface area contributed by atoms with E-state index >= 15 is 0 Å². The average Bonchev–Trinajstić information content (AvgIpc) is 2.34. The summed E-state index contributed by atoms with van der Waals surface area (Å²) >= 11 is 0. The standard InChI is InChI=1S/C11H16O5/c1-12-7-15-8-16-11-6-9(13-2)4-5-10(11)14-3/h4-6H,7-8H2,1-3H3. The fourth-order valence-electron chi connectivity index (χ4n) is 1.12. The summed E-state index contributed by atoms with van der Waals surface area (Å²) in [5.41, 5.74) is 0. The smallest absolute Gasteiger partial charge is 0.191 e. The first-order valence-corrected chi connectivity index (χ1v) is 4.73. The molecule has 1 rings (SSSR count). The Balaban J connectivity index is 2.60. The van der Waals surface area contributed by atoms with Gasteiger partial charge in [-0.1, -0.05) is 0 Å². The molecule has 5 nitrogen and oxygen atoms in total. The molecule has 1 aromatic carbocycles. The molecule has 0 aliphatic heterocycles. The monoisotopic (exact) mass is 228 g/mol. The summed E-state index contributed by atoms with van der Waals surface area (Å²) in [6, 6.07) is 5.29. The number of ether oxygens (including phenoxy) is 5. The first kappa shape index (κ1) is 12.6. The van der Waals surface area contributed by atoms with E-state index < -0.39 is 0 Å². The topological polar surface area (TPSA) is 46.2 Å². The Kier molecular flexibility index (Phi) is 5.45. The highest BCUT2D eigenvalue weighted by molar-refractivity contribution is 5.45. The van der Waals surface area contributed by atoms with Gasteiger partial charge in [-0.3, -0.25) is 0 Å². The van der Waals surface area contributed by atoms with Crippen LogP contribution >= 0.6 is 0 Å². The van der Waals surface area contributed by atoms with Gasteiger partial charge < -0.3 is 23.7 Å². The van der Waals surface area contributed by atoms with Gasteiger partial charge in [-0.15, -0.1) is 0 Å². The summed E-state index contributed by atoms with van der Waals surface area (Å²) in [6.45, 7) is 0.281. The summed E-state index contributed by atoms with van der Waals surface area (Å²) in [4.78, 5) is 0. The van der Waals surface area contributed by atoms with Crippen LogP contribution in [0.4, 0.5) is 0 Å². The van der Waals surface area contributed by atoms with Crippen LogP contribution in [0.2, 0.25) is 0 Å². The lowest BCUT2D eigenvalue weighted by Crippen LogP contribution is -2.06. The lowest BCUT2D eigenvalue weighted by atomic mass is 10.3. The Hall–Kier alpha value is -1.46. The summed E-state index contributed by atoms with van der Waals surface area (Å²) in [5, 5.41) is 0. The van der Waals surface area contributed by atoms with Gasteiger partial charge in [0.1, 0.15) is 12.5 Å². The van der Waals surface area contributed by atoms with Crippen molar-refractivity contribution in [1.82, 2.24) is 0 Å². The van der Waals surface area contributed by atoms with Crippen molar-refractivity contribution < 1.29 is 23.7 Å². The van der Waals surface area contributed by atoms with E-state index in [9.17, 15) is 0 Å². The molecule has 0 saturated heterocycles. The molecule has 0 fully saturated rings. The lowest BCUT2D eigenvalue weighted by molar-refractivity contribution is -0.0840. The van der Waals surface area contributed by atoms with Gasteiger partial charge in [0.2, 0.25) is 0 Å². The summed E-state index contributed by atoms with van der Waals surface area (Å²) in [6.07, 6.45) is 0. The van der Waals surface area contributed by atoms with Crippen LogP contribution in [0.5, 0.6) is 17.2 Å². The Bertz CT molecular complexity index is 313. The summed E-state index contributed by atoms with van der Waals surface area (Å²) in [5.74, 6) is 1.89. The predicted molar refractivity (Wildman–Crippen MR) is 58.0 cm³/mol. The van der Waals surface area contributed by atoms with E-state index in [4.69, 9.17) is 23.7 Å². The zero-order valence-corrected chi connectivity index (χ0v) is 9.69. The molecule has 0 atom stereocenters. The normalized spacial score (nSPS) is 9.94. The SMILES string of the molecule is COCOCOc1cc(OC)ccc1OC. The number of benzene rings is 1. The van der Waals surface area contributed by atoms with Gasteiger partial charge >= 0.3 is 0 Å². The Morgan fingerprint density at radius 3 is 2.38 bits per heavy atom. The second kappa shape index (κ2) is 6.92. The molecule has 0 bridgehead atoms. The quantitative estimate of drug-likeness (QED) is 0.524. The second-order valence-corrected chi connectivity index (χ2v) is 2.89. The van der Waals surface area contributed by atoms with Gasteiger partial charge in [0.15, 0.2) is 18.3 Å². The number of hydrogen-bond donors (Lipinski definition) is 0. The molecule has 0 aliphatic carbocycles. The van der Waals surface area contributed by atoms with E-state index in [1.165, 1.54) is 0 Å². The molecule has 0 heterocycles. The number of methoxy groups -OCH3 is 3. The molecule has 0 saturated carbocycles. The van der Waals surface area contributed by atoms with Gasteiger partial charge in [-0.25, -0.2) is 0 Å². The van der Waals surface area contributed by atoms with Crippen molar-refractivity contribution in [2.45, 2.75) is 0 Å². The van der Waals surface area contributed by atoms with Crippen molar-refractivity contribution in [3.63, 3.8) is 0 Å². The maximum atomic E-state index is 5.37. The van der Waals surface area contributed by atoms with E-state index in [1.807, 2.05) is 0 Å². The summed E-state index contributed by atoms with van der Waals surface area (Å²) in [7, 11) is 4.71.